The van der Waals surface area contributed by atoms with Gasteiger partial charge in [-0.15, -0.1) is 0 Å². The number of ether oxygens (including phenoxy) is 1. The molecule has 0 aliphatic carbocycles. The van der Waals surface area contributed by atoms with Crippen LogP contribution < -0.4 is 10.6 Å². The molecule has 0 spiro atoms. The number of hydrogen-bond acceptors (Lipinski definition) is 5. The van der Waals surface area contributed by atoms with Crippen molar-refractivity contribution in [1.82, 2.24) is 15.5 Å². The number of carbonyl (C=O) groups excluding carboxylic acids is 3. The second-order valence-electron chi connectivity index (χ2n) is 9.04. The molecule has 3 amide bonds. The Labute approximate surface area is 205 Å². The van der Waals surface area contributed by atoms with Crippen LogP contribution in [0.2, 0.25) is 0 Å². The van der Waals surface area contributed by atoms with Crippen molar-refractivity contribution in [1.29, 1.82) is 0 Å². The fourth-order valence-electron chi connectivity index (χ4n) is 4.72. The first kappa shape index (κ1) is 24.5. The summed E-state index contributed by atoms with van der Waals surface area (Å²) in [6.07, 6.45) is 2.01. The fourth-order valence-corrected chi connectivity index (χ4v) is 4.72. The van der Waals surface area contributed by atoms with Crippen LogP contribution in [0.5, 0.6) is 0 Å². The lowest BCUT2D eigenvalue weighted by Crippen LogP contribution is -2.52. The number of benzene rings is 2. The van der Waals surface area contributed by atoms with E-state index in [0.717, 1.165) is 29.5 Å². The summed E-state index contributed by atoms with van der Waals surface area (Å²) in [6.45, 7) is 1.52. The summed E-state index contributed by atoms with van der Waals surface area (Å²) >= 11 is 0. The van der Waals surface area contributed by atoms with Gasteiger partial charge >= 0.3 is 6.09 Å². The third kappa shape index (κ3) is 5.89. The molecule has 3 N–H and O–H groups in total. The van der Waals surface area contributed by atoms with Crippen molar-refractivity contribution in [3.8, 4) is 0 Å². The SMILES string of the molecule is C[C@H](NC(=O)OCc1ccccc1)C(=O)NC1=C(Cc2ccccc2)C[C@H]2CC[C@@H](CO)N2C1=O. The van der Waals surface area contributed by atoms with Crippen LogP contribution in [0.3, 0.4) is 0 Å². The Bertz CT molecular complexity index is 1090. The van der Waals surface area contributed by atoms with E-state index in [0.29, 0.717) is 12.8 Å². The summed E-state index contributed by atoms with van der Waals surface area (Å²) in [4.78, 5) is 40.3. The molecular weight excluding hydrogens is 446 g/mol. The molecule has 2 aromatic rings. The van der Waals surface area contributed by atoms with E-state index in [9.17, 15) is 19.5 Å². The summed E-state index contributed by atoms with van der Waals surface area (Å²) in [5, 5.41) is 15.1. The van der Waals surface area contributed by atoms with Crippen LogP contribution in [0.25, 0.3) is 0 Å². The average Bonchev–Trinajstić information content (AvgIpc) is 3.29. The van der Waals surface area contributed by atoms with Crippen molar-refractivity contribution in [2.45, 2.75) is 57.3 Å². The van der Waals surface area contributed by atoms with Gasteiger partial charge in [-0.2, -0.15) is 0 Å². The lowest BCUT2D eigenvalue weighted by atomic mass is 9.92. The van der Waals surface area contributed by atoms with E-state index in [-0.39, 0.29) is 36.9 Å². The Balaban J connectivity index is 1.45. The van der Waals surface area contributed by atoms with Gasteiger partial charge in [-0.05, 0) is 49.3 Å². The maximum atomic E-state index is 13.4. The smallest absolute Gasteiger partial charge is 0.408 e. The number of aliphatic hydroxyl groups excluding tert-OH is 1. The Morgan fingerprint density at radius 3 is 2.37 bits per heavy atom. The molecule has 0 aromatic heterocycles. The summed E-state index contributed by atoms with van der Waals surface area (Å²) < 4.78 is 5.20. The maximum absolute atomic E-state index is 13.4. The Morgan fingerprint density at radius 1 is 1.06 bits per heavy atom. The number of fused-ring (bicyclic) bond motifs is 1. The van der Waals surface area contributed by atoms with Crippen LogP contribution in [0.1, 0.15) is 37.3 Å². The molecule has 2 aliphatic rings. The number of hydrogen-bond donors (Lipinski definition) is 3. The molecule has 1 saturated heterocycles. The largest absolute Gasteiger partial charge is 0.445 e. The fraction of sp³-hybridized carbons (Fsp3) is 0.370. The molecule has 8 heteroatoms. The van der Waals surface area contributed by atoms with Gasteiger partial charge < -0.3 is 25.4 Å². The molecule has 3 atom stereocenters. The first-order chi connectivity index (χ1) is 17.0. The van der Waals surface area contributed by atoms with Gasteiger partial charge in [0, 0.05) is 6.04 Å². The van der Waals surface area contributed by atoms with Gasteiger partial charge in [-0.3, -0.25) is 9.59 Å². The van der Waals surface area contributed by atoms with Crippen molar-refractivity contribution in [2.75, 3.05) is 6.61 Å². The van der Waals surface area contributed by atoms with E-state index >= 15 is 0 Å². The first-order valence-electron chi connectivity index (χ1n) is 11.9. The summed E-state index contributed by atoms with van der Waals surface area (Å²) in [6, 6.07) is 17.9. The highest BCUT2D eigenvalue weighted by Gasteiger charge is 2.43. The highest BCUT2D eigenvalue weighted by atomic mass is 16.5. The van der Waals surface area contributed by atoms with Gasteiger partial charge in [0.1, 0.15) is 18.3 Å². The standard InChI is InChI=1S/C27H31N3O5/c1-18(28-27(34)35-17-20-10-6-3-7-11-20)25(32)29-24-21(14-19-8-4-2-5-9-19)15-22-12-13-23(16-31)30(22)26(24)33/h2-11,18,22-23,31H,12-17H2,1H3,(H,28,34)(H,29,32)/t18-,22+,23-/m0/s1. The molecule has 8 nitrogen and oxygen atoms in total. The zero-order valence-electron chi connectivity index (χ0n) is 19.8. The van der Waals surface area contributed by atoms with Crippen LogP contribution in [0.4, 0.5) is 4.79 Å². The molecule has 4 rings (SSSR count). The van der Waals surface area contributed by atoms with Crippen molar-refractivity contribution < 1.29 is 24.2 Å². The number of carbonyl (C=O) groups is 3. The van der Waals surface area contributed by atoms with E-state index < -0.39 is 18.0 Å². The topological polar surface area (TPSA) is 108 Å². The molecule has 0 radical (unpaired) electrons. The second kappa shape index (κ2) is 11.2. The molecule has 184 valence electrons. The van der Waals surface area contributed by atoms with Gasteiger partial charge in [-0.1, -0.05) is 60.7 Å². The molecule has 0 saturated carbocycles. The minimum Gasteiger partial charge on any atom is -0.445 e. The number of nitrogens with zero attached hydrogens (tertiary/aromatic N) is 1. The molecule has 0 bridgehead atoms. The average molecular weight is 478 g/mol. The summed E-state index contributed by atoms with van der Waals surface area (Å²) in [7, 11) is 0. The van der Waals surface area contributed by atoms with Crippen LogP contribution in [-0.4, -0.2) is 52.6 Å². The molecule has 2 aromatic carbocycles. The number of rotatable bonds is 8. The van der Waals surface area contributed by atoms with Crippen molar-refractivity contribution in [3.63, 3.8) is 0 Å². The number of alkyl carbamates (subject to hydrolysis) is 1. The van der Waals surface area contributed by atoms with Crippen LogP contribution in [0, 0.1) is 0 Å². The summed E-state index contributed by atoms with van der Waals surface area (Å²) in [5.74, 6) is -0.787. The highest BCUT2D eigenvalue weighted by molar-refractivity contribution is 6.00. The van der Waals surface area contributed by atoms with Gasteiger partial charge in [0.05, 0.1) is 12.6 Å². The minimum atomic E-state index is -0.915. The van der Waals surface area contributed by atoms with E-state index in [1.54, 1.807) is 11.8 Å². The molecule has 2 aliphatic heterocycles. The second-order valence-corrected chi connectivity index (χ2v) is 9.04. The maximum Gasteiger partial charge on any atom is 0.408 e. The predicted octanol–water partition coefficient (Wildman–Crippen LogP) is 2.67. The van der Waals surface area contributed by atoms with Crippen molar-refractivity contribution in [3.05, 3.63) is 83.1 Å². The zero-order chi connectivity index (χ0) is 24.8. The number of aliphatic hydroxyl groups is 1. The molecular formula is C27H31N3O5. The zero-order valence-corrected chi connectivity index (χ0v) is 19.8. The van der Waals surface area contributed by atoms with Crippen LogP contribution >= 0.6 is 0 Å². The molecule has 0 unspecified atom stereocenters. The molecule has 1 fully saturated rings. The Kier molecular flexibility index (Phi) is 7.82. The predicted molar refractivity (Wildman–Crippen MR) is 130 cm³/mol. The lowest BCUT2D eigenvalue weighted by Gasteiger charge is -2.36. The van der Waals surface area contributed by atoms with E-state index in [4.69, 9.17) is 4.74 Å². The molecule has 35 heavy (non-hydrogen) atoms. The monoisotopic (exact) mass is 477 g/mol. The minimum absolute atomic E-state index is 0.0162. The normalized spacial score (nSPS) is 20.3. The summed E-state index contributed by atoms with van der Waals surface area (Å²) in [5.41, 5.74) is 2.97. The van der Waals surface area contributed by atoms with Crippen molar-refractivity contribution in [2.24, 2.45) is 0 Å². The van der Waals surface area contributed by atoms with Gasteiger partial charge in [0.15, 0.2) is 0 Å². The van der Waals surface area contributed by atoms with Crippen LogP contribution in [-0.2, 0) is 27.4 Å². The third-order valence-electron chi connectivity index (χ3n) is 6.56. The van der Waals surface area contributed by atoms with Gasteiger partial charge in [0.2, 0.25) is 5.91 Å². The van der Waals surface area contributed by atoms with Gasteiger partial charge in [0.25, 0.3) is 5.91 Å². The number of nitrogens with one attached hydrogen (secondary N) is 2. The highest BCUT2D eigenvalue weighted by Crippen LogP contribution is 2.35. The van der Waals surface area contributed by atoms with Crippen LogP contribution in [0.15, 0.2) is 71.9 Å². The quantitative estimate of drug-likeness (QED) is 0.542. The van der Waals surface area contributed by atoms with Gasteiger partial charge in [-0.25, -0.2) is 4.79 Å². The Hall–Kier alpha value is -3.65. The van der Waals surface area contributed by atoms with E-state index in [2.05, 4.69) is 10.6 Å². The first-order valence-corrected chi connectivity index (χ1v) is 11.9. The number of amides is 3. The van der Waals surface area contributed by atoms with Crippen molar-refractivity contribution >= 4 is 17.9 Å². The van der Waals surface area contributed by atoms with E-state index in [1.165, 1.54) is 0 Å². The van der Waals surface area contributed by atoms with E-state index in [1.807, 2.05) is 60.7 Å². The third-order valence-corrected chi connectivity index (χ3v) is 6.56. The Morgan fingerprint density at radius 2 is 1.71 bits per heavy atom. The lowest BCUT2D eigenvalue weighted by molar-refractivity contribution is -0.134. The molecule has 2 heterocycles.